The molecule has 2 aromatic carbocycles. The van der Waals surface area contributed by atoms with Crippen molar-refractivity contribution < 1.29 is 28.5 Å². The van der Waals surface area contributed by atoms with Gasteiger partial charge in [0.25, 0.3) is 5.91 Å². The van der Waals surface area contributed by atoms with Gasteiger partial charge in [0, 0.05) is 11.8 Å². The molecule has 0 fully saturated rings. The molecule has 0 aliphatic carbocycles. The van der Waals surface area contributed by atoms with Gasteiger partial charge in [-0.25, -0.2) is 4.79 Å². The van der Waals surface area contributed by atoms with Crippen molar-refractivity contribution in [3.8, 4) is 17.2 Å². The third kappa shape index (κ3) is 5.19. The summed E-state index contributed by atoms with van der Waals surface area (Å²) in [7, 11) is 0. The smallest absolute Gasteiger partial charge is 0.344 e. The van der Waals surface area contributed by atoms with Gasteiger partial charge in [0.15, 0.2) is 24.2 Å². The number of hydrogen-bond donors (Lipinski definition) is 1. The van der Waals surface area contributed by atoms with Crippen LogP contribution in [0.15, 0.2) is 36.4 Å². The molecular weight excluding hydrogens is 374 g/mol. The highest BCUT2D eigenvalue weighted by molar-refractivity contribution is 5.95. The van der Waals surface area contributed by atoms with Crippen molar-refractivity contribution in [2.45, 2.75) is 39.7 Å². The van der Waals surface area contributed by atoms with Crippen molar-refractivity contribution in [2.24, 2.45) is 0 Å². The van der Waals surface area contributed by atoms with Crippen LogP contribution in [0.25, 0.3) is 0 Å². The Kier molecular flexibility index (Phi) is 6.26. The molecule has 0 saturated carbocycles. The first-order valence-corrected chi connectivity index (χ1v) is 9.47. The lowest BCUT2D eigenvalue weighted by Crippen LogP contribution is -2.31. The first kappa shape index (κ1) is 20.5. The van der Waals surface area contributed by atoms with Crippen molar-refractivity contribution in [3.63, 3.8) is 0 Å². The molecule has 1 atom stereocenters. The van der Waals surface area contributed by atoms with Crippen molar-refractivity contribution in [3.05, 3.63) is 47.5 Å². The number of hydrogen-bond acceptors (Lipinski definition) is 6. The van der Waals surface area contributed by atoms with Crippen LogP contribution in [0.2, 0.25) is 0 Å². The molecule has 7 nitrogen and oxygen atoms in total. The zero-order valence-corrected chi connectivity index (χ0v) is 17.0. The predicted octanol–water partition coefficient (Wildman–Crippen LogP) is 3.80. The maximum absolute atomic E-state index is 12.3. The molecule has 3 rings (SSSR count). The Labute approximate surface area is 169 Å². The van der Waals surface area contributed by atoms with E-state index in [1.54, 1.807) is 18.2 Å². The second-order valence-corrected chi connectivity index (χ2v) is 7.16. The zero-order valence-electron chi connectivity index (χ0n) is 17.0. The second kappa shape index (κ2) is 8.86. The van der Waals surface area contributed by atoms with Gasteiger partial charge in [0.2, 0.25) is 6.79 Å². The summed E-state index contributed by atoms with van der Waals surface area (Å²) >= 11 is 0. The fraction of sp³-hybridized carbons (Fsp3) is 0.364. The first-order valence-electron chi connectivity index (χ1n) is 9.47. The van der Waals surface area contributed by atoms with Gasteiger partial charge < -0.3 is 24.3 Å². The average molecular weight is 399 g/mol. The Morgan fingerprint density at radius 1 is 1.07 bits per heavy atom. The van der Waals surface area contributed by atoms with E-state index in [9.17, 15) is 9.59 Å². The van der Waals surface area contributed by atoms with E-state index in [0.29, 0.717) is 28.9 Å². The van der Waals surface area contributed by atoms with Gasteiger partial charge in [0.05, 0.1) is 0 Å². The van der Waals surface area contributed by atoms with E-state index in [1.807, 2.05) is 25.1 Å². The van der Waals surface area contributed by atoms with Crippen LogP contribution in [0.1, 0.15) is 37.8 Å². The maximum Gasteiger partial charge on any atom is 0.344 e. The molecule has 1 aliphatic rings. The summed E-state index contributed by atoms with van der Waals surface area (Å²) in [5, 5.41) is 2.69. The molecule has 0 unspecified atom stereocenters. The van der Waals surface area contributed by atoms with Crippen molar-refractivity contribution in [1.29, 1.82) is 0 Å². The molecule has 1 amide bonds. The standard InChI is InChI=1S/C22H25NO6/c1-13(2)16-6-5-14(3)19(9-16)26-11-21(24)29-15(4)22(25)23-17-7-8-18-20(10-17)28-12-27-18/h5-10,13,15H,11-12H2,1-4H3,(H,23,25)/t15-/m0/s1. The number of carbonyl (C=O) groups is 2. The van der Waals surface area contributed by atoms with Gasteiger partial charge >= 0.3 is 5.97 Å². The highest BCUT2D eigenvalue weighted by atomic mass is 16.7. The topological polar surface area (TPSA) is 83.1 Å². The van der Waals surface area contributed by atoms with Crippen LogP contribution in [0.3, 0.4) is 0 Å². The van der Waals surface area contributed by atoms with E-state index in [2.05, 4.69) is 19.2 Å². The molecule has 0 bridgehead atoms. The highest BCUT2D eigenvalue weighted by Gasteiger charge is 2.20. The first-order chi connectivity index (χ1) is 13.8. The summed E-state index contributed by atoms with van der Waals surface area (Å²) in [6.07, 6.45) is -0.973. The Balaban J connectivity index is 1.51. The molecule has 1 aliphatic heterocycles. The minimum absolute atomic E-state index is 0.153. The minimum atomic E-state index is -0.973. The molecule has 154 valence electrons. The van der Waals surface area contributed by atoms with Gasteiger partial charge in [0.1, 0.15) is 5.75 Å². The molecule has 1 heterocycles. The molecule has 7 heteroatoms. The van der Waals surface area contributed by atoms with E-state index in [0.717, 1.165) is 11.1 Å². The number of anilines is 1. The lowest BCUT2D eigenvalue weighted by atomic mass is 10.0. The third-order valence-corrected chi connectivity index (χ3v) is 4.54. The van der Waals surface area contributed by atoms with Crippen LogP contribution in [0, 0.1) is 6.92 Å². The van der Waals surface area contributed by atoms with E-state index < -0.39 is 18.0 Å². The summed E-state index contributed by atoms with van der Waals surface area (Å²) in [5.74, 6) is 1.09. The molecular formula is C22H25NO6. The minimum Gasteiger partial charge on any atom is -0.482 e. The highest BCUT2D eigenvalue weighted by Crippen LogP contribution is 2.34. The summed E-state index contributed by atoms with van der Waals surface area (Å²) in [6.45, 7) is 7.47. The summed E-state index contributed by atoms with van der Waals surface area (Å²) in [6, 6.07) is 11.0. The molecule has 0 spiro atoms. The summed E-state index contributed by atoms with van der Waals surface area (Å²) < 4.78 is 21.3. The number of carbonyl (C=O) groups excluding carboxylic acids is 2. The normalized spacial score (nSPS) is 13.1. The van der Waals surface area contributed by atoms with Crippen LogP contribution in [-0.4, -0.2) is 31.4 Å². The molecule has 29 heavy (non-hydrogen) atoms. The number of amides is 1. The zero-order chi connectivity index (χ0) is 21.0. The number of esters is 1. The summed E-state index contributed by atoms with van der Waals surface area (Å²) in [4.78, 5) is 24.4. The number of fused-ring (bicyclic) bond motifs is 1. The molecule has 1 N–H and O–H groups in total. The van der Waals surface area contributed by atoms with Crippen molar-refractivity contribution in [1.82, 2.24) is 0 Å². The van der Waals surface area contributed by atoms with Crippen LogP contribution in [0.4, 0.5) is 5.69 Å². The fourth-order valence-electron chi connectivity index (χ4n) is 2.77. The third-order valence-electron chi connectivity index (χ3n) is 4.54. The summed E-state index contributed by atoms with van der Waals surface area (Å²) in [5.41, 5.74) is 2.57. The largest absolute Gasteiger partial charge is 0.482 e. The average Bonchev–Trinajstić information content (AvgIpc) is 3.14. The van der Waals surface area contributed by atoms with E-state index in [1.165, 1.54) is 6.92 Å². The van der Waals surface area contributed by atoms with Crippen LogP contribution >= 0.6 is 0 Å². The van der Waals surface area contributed by atoms with Crippen molar-refractivity contribution >= 4 is 17.6 Å². The van der Waals surface area contributed by atoms with E-state index in [-0.39, 0.29) is 13.4 Å². The van der Waals surface area contributed by atoms with Crippen LogP contribution in [0.5, 0.6) is 17.2 Å². The Morgan fingerprint density at radius 2 is 1.83 bits per heavy atom. The van der Waals surface area contributed by atoms with E-state index in [4.69, 9.17) is 18.9 Å². The Bertz CT molecular complexity index is 908. The monoisotopic (exact) mass is 399 g/mol. The van der Waals surface area contributed by atoms with E-state index >= 15 is 0 Å². The number of ether oxygens (including phenoxy) is 4. The fourth-order valence-corrected chi connectivity index (χ4v) is 2.77. The molecule has 0 radical (unpaired) electrons. The quantitative estimate of drug-likeness (QED) is 0.713. The maximum atomic E-state index is 12.3. The van der Waals surface area contributed by atoms with Gasteiger partial charge in [-0.05, 0) is 49.1 Å². The van der Waals surface area contributed by atoms with Gasteiger partial charge in [-0.15, -0.1) is 0 Å². The van der Waals surface area contributed by atoms with Crippen LogP contribution < -0.4 is 19.5 Å². The number of aryl methyl sites for hydroxylation is 1. The Morgan fingerprint density at radius 3 is 2.59 bits per heavy atom. The van der Waals surface area contributed by atoms with Gasteiger partial charge in [-0.3, -0.25) is 4.79 Å². The molecule has 0 saturated heterocycles. The second-order valence-electron chi connectivity index (χ2n) is 7.16. The number of rotatable bonds is 7. The van der Waals surface area contributed by atoms with Crippen molar-refractivity contribution in [2.75, 3.05) is 18.7 Å². The SMILES string of the molecule is Cc1ccc(C(C)C)cc1OCC(=O)O[C@@H](C)C(=O)Nc1ccc2c(c1)OCO2. The number of nitrogens with one attached hydrogen (secondary N) is 1. The lowest BCUT2D eigenvalue weighted by Gasteiger charge is -2.15. The molecule has 2 aromatic rings. The van der Waals surface area contributed by atoms with Gasteiger partial charge in [-0.1, -0.05) is 26.0 Å². The lowest BCUT2D eigenvalue weighted by molar-refractivity contribution is -0.155. The van der Waals surface area contributed by atoms with Crippen LogP contribution in [-0.2, 0) is 14.3 Å². The number of benzene rings is 2. The van der Waals surface area contributed by atoms with Gasteiger partial charge in [-0.2, -0.15) is 0 Å². The molecule has 0 aromatic heterocycles. The Hall–Kier alpha value is -3.22. The predicted molar refractivity (Wildman–Crippen MR) is 108 cm³/mol.